The molecule has 0 amide bonds. The Morgan fingerprint density at radius 1 is 0.870 bits per heavy atom. The molecule has 130 valence electrons. The second-order valence-corrected chi connectivity index (χ2v) is 4.97. The summed E-state index contributed by atoms with van der Waals surface area (Å²) in [4.78, 5) is 44.6. The summed E-state index contributed by atoms with van der Waals surface area (Å²) in [6, 6.07) is 0. The molecular formula is C14H20O9. The lowest BCUT2D eigenvalue weighted by atomic mass is 10.0. The maximum atomic E-state index is 11.3. The van der Waals surface area contributed by atoms with E-state index in [9.17, 15) is 19.2 Å². The molecule has 4 atom stereocenters. The van der Waals surface area contributed by atoms with Crippen LogP contribution in [0, 0.1) is 0 Å². The summed E-state index contributed by atoms with van der Waals surface area (Å²) < 4.78 is 25.6. The molecule has 9 heteroatoms. The standard InChI is InChI=1S/C14H20O9/c1-7(15)19-6-12-14(22-10(4)18)11(20-8(2)16)5-13(23-12)21-9(3)17/h11-14H,5-6H2,1-4H3/t11?,12-,13-,14+/m1/s1. The molecule has 0 aromatic rings. The van der Waals surface area contributed by atoms with Gasteiger partial charge in [-0.2, -0.15) is 0 Å². The third kappa shape index (κ3) is 6.64. The van der Waals surface area contributed by atoms with Crippen LogP contribution in [0.3, 0.4) is 0 Å². The van der Waals surface area contributed by atoms with Gasteiger partial charge in [-0.15, -0.1) is 0 Å². The highest BCUT2D eigenvalue weighted by Crippen LogP contribution is 2.27. The van der Waals surface area contributed by atoms with Crippen LogP contribution in [0.2, 0.25) is 0 Å². The fraction of sp³-hybridized carbons (Fsp3) is 0.714. The lowest BCUT2D eigenvalue weighted by Gasteiger charge is -2.39. The van der Waals surface area contributed by atoms with Crippen LogP contribution in [0.25, 0.3) is 0 Å². The van der Waals surface area contributed by atoms with Crippen LogP contribution in [0.5, 0.6) is 0 Å². The quantitative estimate of drug-likeness (QED) is 0.510. The number of rotatable bonds is 5. The van der Waals surface area contributed by atoms with Gasteiger partial charge < -0.3 is 23.7 Å². The van der Waals surface area contributed by atoms with Crippen LogP contribution in [-0.4, -0.2) is 55.1 Å². The molecule has 1 fully saturated rings. The molecule has 1 aliphatic rings. The zero-order valence-electron chi connectivity index (χ0n) is 13.4. The highest BCUT2D eigenvalue weighted by atomic mass is 16.7. The Morgan fingerprint density at radius 2 is 1.43 bits per heavy atom. The molecule has 1 rings (SSSR count). The smallest absolute Gasteiger partial charge is 0.304 e. The van der Waals surface area contributed by atoms with E-state index >= 15 is 0 Å². The second-order valence-electron chi connectivity index (χ2n) is 4.97. The molecular weight excluding hydrogens is 312 g/mol. The van der Waals surface area contributed by atoms with Gasteiger partial charge in [-0.3, -0.25) is 19.2 Å². The van der Waals surface area contributed by atoms with Gasteiger partial charge in [0.05, 0.1) is 6.42 Å². The van der Waals surface area contributed by atoms with Crippen LogP contribution >= 0.6 is 0 Å². The summed E-state index contributed by atoms with van der Waals surface area (Å²) in [6.07, 6.45) is -3.83. The molecule has 9 nitrogen and oxygen atoms in total. The van der Waals surface area contributed by atoms with Crippen molar-refractivity contribution < 1.29 is 42.9 Å². The van der Waals surface area contributed by atoms with Crippen molar-refractivity contribution >= 4 is 23.9 Å². The van der Waals surface area contributed by atoms with Crippen LogP contribution in [0.15, 0.2) is 0 Å². The third-order valence-electron chi connectivity index (χ3n) is 2.85. The van der Waals surface area contributed by atoms with Crippen molar-refractivity contribution in [1.82, 2.24) is 0 Å². The normalized spacial score (nSPS) is 26.8. The summed E-state index contributed by atoms with van der Waals surface area (Å²) in [7, 11) is 0. The number of esters is 4. The minimum Gasteiger partial charge on any atom is -0.463 e. The summed E-state index contributed by atoms with van der Waals surface area (Å²) in [5.74, 6) is -2.36. The van der Waals surface area contributed by atoms with Crippen molar-refractivity contribution in [2.75, 3.05) is 6.61 Å². The average Bonchev–Trinajstić information content (AvgIpc) is 2.37. The van der Waals surface area contributed by atoms with Crippen molar-refractivity contribution in [3.05, 3.63) is 0 Å². The highest BCUT2D eigenvalue weighted by Gasteiger charge is 2.44. The molecule has 0 saturated carbocycles. The van der Waals surface area contributed by atoms with E-state index in [2.05, 4.69) is 0 Å². The Hall–Kier alpha value is -2.16. The van der Waals surface area contributed by atoms with E-state index in [-0.39, 0.29) is 13.0 Å². The molecule has 1 heterocycles. The monoisotopic (exact) mass is 332 g/mol. The van der Waals surface area contributed by atoms with E-state index in [0.29, 0.717) is 0 Å². The molecule has 1 unspecified atom stereocenters. The first-order chi connectivity index (χ1) is 10.7. The molecule has 0 aromatic carbocycles. The van der Waals surface area contributed by atoms with Crippen LogP contribution in [-0.2, 0) is 42.9 Å². The van der Waals surface area contributed by atoms with Gasteiger partial charge in [-0.05, 0) is 0 Å². The second kappa shape index (κ2) is 8.47. The Balaban J connectivity index is 2.94. The molecule has 0 aliphatic carbocycles. The van der Waals surface area contributed by atoms with Gasteiger partial charge in [0, 0.05) is 27.7 Å². The highest BCUT2D eigenvalue weighted by molar-refractivity contribution is 5.68. The first-order valence-electron chi connectivity index (χ1n) is 6.99. The maximum Gasteiger partial charge on any atom is 0.304 e. The fourth-order valence-electron chi connectivity index (χ4n) is 2.16. The van der Waals surface area contributed by atoms with Gasteiger partial charge in [0.1, 0.15) is 18.8 Å². The number of ether oxygens (including phenoxy) is 5. The van der Waals surface area contributed by atoms with E-state index in [0.717, 1.165) is 0 Å². The third-order valence-corrected chi connectivity index (χ3v) is 2.85. The van der Waals surface area contributed by atoms with Gasteiger partial charge in [0.25, 0.3) is 0 Å². The van der Waals surface area contributed by atoms with Gasteiger partial charge in [-0.1, -0.05) is 0 Å². The fourth-order valence-corrected chi connectivity index (χ4v) is 2.16. The molecule has 23 heavy (non-hydrogen) atoms. The zero-order valence-corrected chi connectivity index (χ0v) is 13.4. The summed E-state index contributed by atoms with van der Waals surface area (Å²) in [6.45, 7) is 4.54. The van der Waals surface area contributed by atoms with Crippen molar-refractivity contribution in [2.24, 2.45) is 0 Å². The van der Waals surface area contributed by atoms with E-state index in [1.165, 1.54) is 27.7 Å². The minimum atomic E-state index is -1.01. The molecule has 0 spiro atoms. The van der Waals surface area contributed by atoms with Gasteiger partial charge in [0.15, 0.2) is 6.10 Å². The molecule has 0 aromatic heterocycles. The van der Waals surface area contributed by atoms with Crippen LogP contribution < -0.4 is 0 Å². The lowest BCUT2D eigenvalue weighted by molar-refractivity contribution is -0.260. The van der Waals surface area contributed by atoms with E-state index < -0.39 is 48.5 Å². The van der Waals surface area contributed by atoms with Gasteiger partial charge in [-0.25, -0.2) is 0 Å². The predicted octanol–water partition coefficient (Wildman–Crippen LogP) is 0.0910. The molecule has 1 saturated heterocycles. The number of carbonyl (C=O) groups excluding carboxylic acids is 4. The van der Waals surface area contributed by atoms with Crippen molar-refractivity contribution in [3.8, 4) is 0 Å². The van der Waals surface area contributed by atoms with Crippen LogP contribution in [0.4, 0.5) is 0 Å². The molecule has 0 bridgehead atoms. The summed E-state index contributed by atoms with van der Waals surface area (Å²) >= 11 is 0. The first-order valence-corrected chi connectivity index (χ1v) is 6.99. The largest absolute Gasteiger partial charge is 0.463 e. The number of carbonyl (C=O) groups is 4. The van der Waals surface area contributed by atoms with E-state index in [1.54, 1.807) is 0 Å². The summed E-state index contributed by atoms with van der Waals surface area (Å²) in [5.41, 5.74) is 0. The number of hydrogen-bond acceptors (Lipinski definition) is 9. The Kier molecular flexibility index (Phi) is 6.95. The van der Waals surface area contributed by atoms with Crippen LogP contribution in [0.1, 0.15) is 34.1 Å². The van der Waals surface area contributed by atoms with E-state index in [4.69, 9.17) is 23.7 Å². The zero-order chi connectivity index (χ0) is 17.6. The van der Waals surface area contributed by atoms with Gasteiger partial charge >= 0.3 is 23.9 Å². The molecule has 0 N–H and O–H groups in total. The average molecular weight is 332 g/mol. The van der Waals surface area contributed by atoms with E-state index in [1.807, 2.05) is 0 Å². The Bertz CT molecular complexity index is 473. The van der Waals surface area contributed by atoms with Gasteiger partial charge in [0.2, 0.25) is 6.29 Å². The minimum absolute atomic E-state index is 0.00627. The molecule has 1 aliphatic heterocycles. The Labute approximate surface area is 133 Å². The SMILES string of the molecule is CC(=O)OC[C@H]1O[C@@H](OC(C)=O)CC(OC(C)=O)[C@@H]1OC(C)=O. The topological polar surface area (TPSA) is 114 Å². The lowest BCUT2D eigenvalue weighted by Crippen LogP contribution is -2.54. The molecule has 0 radical (unpaired) electrons. The maximum absolute atomic E-state index is 11.3. The van der Waals surface area contributed by atoms with Crippen molar-refractivity contribution in [3.63, 3.8) is 0 Å². The Morgan fingerprint density at radius 3 is 1.91 bits per heavy atom. The van der Waals surface area contributed by atoms with Crippen molar-refractivity contribution in [1.29, 1.82) is 0 Å². The predicted molar refractivity (Wildman–Crippen MR) is 72.8 cm³/mol. The first kappa shape index (κ1) is 18.9. The number of hydrogen-bond donors (Lipinski definition) is 0. The summed E-state index contributed by atoms with van der Waals surface area (Å²) in [5, 5.41) is 0. The van der Waals surface area contributed by atoms with Crippen molar-refractivity contribution in [2.45, 2.75) is 58.7 Å².